The summed E-state index contributed by atoms with van der Waals surface area (Å²) in [6.07, 6.45) is 0. The molecule has 0 saturated heterocycles. The number of anilines is 2. The monoisotopic (exact) mass is 481 g/mol. The van der Waals surface area contributed by atoms with E-state index in [-0.39, 0.29) is 22.5 Å². The van der Waals surface area contributed by atoms with E-state index < -0.39 is 22.0 Å². The summed E-state index contributed by atoms with van der Waals surface area (Å²) in [4.78, 5) is 33.6. The zero-order valence-electron chi connectivity index (χ0n) is 19.4. The van der Waals surface area contributed by atoms with Gasteiger partial charge in [0.1, 0.15) is 17.7 Å². The van der Waals surface area contributed by atoms with E-state index in [1.165, 1.54) is 30.3 Å². The predicted molar refractivity (Wildman–Crippen MR) is 130 cm³/mol. The van der Waals surface area contributed by atoms with Crippen LogP contribution < -0.4 is 15.4 Å². The lowest BCUT2D eigenvalue weighted by molar-refractivity contribution is -0.118. The molecule has 34 heavy (non-hydrogen) atoms. The second kappa shape index (κ2) is 10.4. The number of carbonyl (C=O) groups excluding carboxylic acids is 2. The summed E-state index contributed by atoms with van der Waals surface area (Å²) in [6.45, 7) is 7.08. The van der Waals surface area contributed by atoms with Crippen molar-refractivity contribution in [2.75, 3.05) is 10.0 Å². The first kappa shape index (κ1) is 24.8. The molecule has 1 aromatic heterocycles. The van der Waals surface area contributed by atoms with Crippen molar-refractivity contribution in [1.29, 1.82) is 0 Å². The Balaban J connectivity index is 1.69. The molecule has 0 saturated carbocycles. The second-order valence-electron chi connectivity index (χ2n) is 8.12. The van der Waals surface area contributed by atoms with Crippen LogP contribution in [0.4, 0.5) is 11.5 Å². The molecule has 3 rings (SSSR count). The van der Waals surface area contributed by atoms with Gasteiger partial charge in [-0.15, -0.1) is 0 Å². The van der Waals surface area contributed by atoms with Crippen LogP contribution in [0.25, 0.3) is 0 Å². The summed E-state index contributed by atoms with van der Waals surface area (Å²) in [5.74, 6) is -0.292. The standard InChI is InChI=1S/C24H27N5O4S/c1-15(2)22(28-23(30)18-8-6-5-7-9-18)24(31)27-19-10-12-20(13-11-19)34(32,33)29-21-14-16(3)25-17(4)26-21/h5-15,22H,1-4H3,(H,27,31)(H,28,30)(H,25,26,29). The molecule has 178 valence electrons. The van der Waals surface area contributed by atoms with Crippen LogP contribution in [0.1, 0.15) is 35.7 Å². The molecule has 1 unspecified atom stereocenters. The fourth-order valence-electron chi connectivity index (χ4n) is 3.25. The third-order valence-corrected chi connectivity index (χ3v) is 6.28. The van der Waals surface area contributed by atoms with Crippen LogP contribution in [0.15, 0.2) is 65.6 Å². The zero-order chi connectivity index (χ0) is 24.9. The maximum absolute atomic E-state index is 12.8. The van der Waals surface area contributed by atoms with Crippen LogP contribution >= 0.6 is 0 Å². The number of nitrogens with one attached hydrogen (secondary N) is 3. The lowest BCUT2D eigenvalue weighted by Crippen LogP contribution is -2.47. The van der Waals surface area contributed by atoms with Crippen LogP contribution in [0.3, 0.4) is 0 Å². The van der Waals surface area contributed by atoms with Gasteiger partial charge in [-0.25, -0.2) is 18.4 Å². The highest BCUT2D eigenvalue weighted by Crippen LogP contribution is 2.18. The number of benzene rings is 2. The van der Waals surface area contributed by atoms with Gasteiger partial charge in [0.2, 0.25) is 5.91 Å². The molecular formula is C24H27N5O4S. The fourth-order valence-corrected chi connectivity index (χ4v) is 4.24. The van der Waals surface area contributed by atoms with Gasteiger partial charge in [0.25, 0.3) is 15.9 Å². The van der Waals surface area contributed by atoms with Gasteiger partial charge < -0.3 is 10.6 Å². The SMILES string of the molecule is Cc1cc(NS(=O)(=O)c2ccc(NC(=O)C(NC(=O)c3ccccc3)C(C)C)cc2)nc(C)n1. The number of hydrogen-bond acceptors (Lipinski definition) is 6. The van der Waals surface area contributed by atoms with Crippen molar-refractivity contribution in [2.45, 2.75) is 38.6 Å². The Kier molecular flexibility index (Phi) is 7.62. The first-order valence-corrected chi connectivity index (χ1v) is 12.2. The summed E-state index contributed by atoms with van der Waals surface area (Å²) < 4.78 is 27.8. The molecule has 10 heteroatoms. The maximum atomic E-state index is 12.8. The molecule has 3 aromatic rings. The van der Waals surface area contributed by atoms with Crippen molar-refractivity contribution in [3.63, 3.8) is 0 Å². The highest BCUT2D eigenvalue weighted by Gasteiger charge is 2.25. The van der Waals surface area contributed by atoms with Crippen molar-refractivity contribution in [3.05, 3.63) is 77.7 Å². The minimum Gasteiger partial charge on any atom is -0.340 e. The number of aromatic nitrogens is 2. The lowest BCUT2D eigenvalue weighted by atomic mass is 10.0. The summed E-state index contributed by atoms with van der Waals surface area (Å²) in [7, 11) is -3.88. The van der Waals surface area contributed by atoms with E-state index in [0.717, 1.165) is 0 Å². The smallest absolute Gasteiger partial charge is 0.263 e. The normalized spacial score (nSPS) is 12.1. The lowest BCUT2D eigenvalue weighted by Gasteiger charge is -2.22. The van der Waals surface area contributed by atoms with Crippen molar-refractivity contribution >= 4 is 33.3 Å². The Bertz CT molecular complexity index is 1260. The number of amides is 2. The molecule has 1 atom stereocenters. The Hall–Kier alpha value is -3.79. The number of hydrogen-bond donors (Lipinski definition) is 3. The summed E-state index contributed by atoms with van der Waals surface area (Å²) in [5.41, 5.74) is 1.50. The number of sulfonamides is 1. The van der Waals surface area contributed by atoms with Gasteiger partial charge in [-0.2, -0.15) is 0 Å². The third kappa shape index (κ3) is 6.38. The minimum absolute atomic E-state index is 0.0113. The van der Waals surface area contributed by atoms with Gasteiger partial charge in [0, 0.05) is 23.0 Å². The Labute approximate surface area is 199 Å². The van der Waals surface area contributed by atoms with E-state index in [2.05, 4.69) is 25.3 Å². The quantitative estimate of drug-likeness (QED) is 0.453. The fraction of sp³-hybridized carbons (Fsp3) is 0.250. The second-order valence-corrected chi connectivity index (χ2v) is 9.80. The highest BCUT2D eigenvalue weighted by molar-refractivity contribution is 7.92. The topological polar surface area (TPSA) is 130 Å². The largest absolute Gasteiger partial charge is 0.340 e. The van der Waals surface area contributed by atoms with Gasteiger partial charge in [-0.05, 0) is 56.2 Å². The van der Waals surface area contributed by atoms with Gasteiger partial charge in [-0.3, -0.25) is 14.3 Å². The Morgan fingerprint density at radius 2 is 1.56 bits per heavy atom. The first-order valence-electron chi connectivity index (χ1n) is 10.7. The predicted octanol–water partition coefficient (Wildman–Crippen LogP) is 3.29. The van der Waals surface area contributed by atoms with Crippen LogP contribution in [0, 0.1) is 19.8 Å². The molecule has 0 bridgehead atoms. The van der Waals surface area contributed by atoms with Crippen molar-refractivity contribution in [1.82, 2.24) is 15.3 Å². The van der Waals surface area contributed by atoms with Crippen LogP contribution in [0.2, 0.25) is 0 Å². The molecule has 0 radical (unpaired) electrons. The average Bonchev–Trinajstić information content (AvgIpc) is 2.77. The van der Waals surface area contributed by atoms with Crippen LogP contribution in [-0.4, -0.2) is 36.2 Å². The van der Waals surface area contributed by atoms with Crippen molar-refractivity contribution in [2.24, 2.45) is 5.92 Å². The molecular weight excluding hydrogens is 454 g/mol. The van der Waals surface area contributed by atoms with E-state index in [9.17, 15) is 18.0 Å². The van der Waals surface area contributed by atoms with E-state index in [1.807, 2.05) is 13.8 Å². The van der Waals surface area contributed by atoms with E-state index in [0.29, 0.717) is 22.8 Å². The van der Waals surface area contributed by atoms with Crippen molar-refractivity contribution < 1.29 is 18.0 Å². The molecule has 0 aliphatic carbocycles. The summed E-state index contributed by atoms with van der Waals surface area (Å²) in [5, 5.41) is 5.49. The molecule has 2 aromatic carbocycles. The van der Waals surface area contributed by atoms with Crippen molar-refractivity contribution in [3.8, 4) is 0 Å². The maximum Gasteiger partial charge on any atom is 0.263 e. The number of carbonyl (C=O) groups is 2. The Morgan fingerprint density at radius 3 is 2.15 bits per heavy atom. The summed E-state index contributed by atoms with van der Waals surface area (Å²) >= 11 is 0. The van der Waals surface area contributed by atoms with E-state index >= 15 is 0 Å². The van der Waals surface area contributed by atoms with Gasteiger partial charge in [0.05, 0.1) is 4.90 Å². The molecule has 9 nitrogen and oxygen atoms in total. The number of nitrogens with zero attached hydrogens (tertiary/aromatic N) is 2. The van der Waals surface area contributed by atoms with Gasteiger partial charge in [-0.1, -0.05) is 32.0 Å². The molecule has 0 aliphatic heterocycles. The number of aryl methyl sites for hydroxylation is 2. The molecule has 0 aliphatic rings. The third-order valence-electron chi connectivity index (χ3n) is 4.91. The Morgan fingerprint density at radius 1 is 0.912 bits per heavy atom. The first-order chi connectivity index (χ1) is 16.0. The van der Waals surface area contributed by atoms with Crippen LogP contribution in [-0.2, 0) is 14.8 Å². The summed E-state index contributed by atoms with van der Waals surface area (Å²) in [6, 6.07) is 15.1. The van der Waals surface area contributed by atoms with Gasteiger partial charge in [0.15, 0.2) is 0 Å². The number of rotatable bonds is 8. The molecule has 0 spiro atoms. The van der Waals surface area contributed by atoms with Gasteiger partial charge >= 0.3 is 0 Å². The average molecular weight is 482 g/mol. The van der Waals surface area contributed by atoms with Crippen LogP contribution in [0.5, 0.6) is 0 Å². The van der Waals surface area contributed by atoms with E-state index in [4.69, 9.17) is 0 Å². The molecule has 3 N–H and O–H groups in total. The molecule has 0 fully saturated rings. The highest BCUT2D eigenvalue weighted by atomic mass is 32.2. The molecule has 2 amide bonds. The zero-order valence-corrected chi connectivity index (χ0v) is 20.2. The van der Waals surface area contributed by atoms with E-state index in [1.54, 1.807) is 44.2 Å². The molecule has 1 heterocycles. The minimum atomic E-state index is -3.88.